The molecule has 1 saturated heterocycles. The molecular weight excluding hydrogens is 258 g/mol. The van der Waals surface area contributed by atoms with Crippen LogP contribution >= 0.6 is 0 Å². The first-order valence-electron chi connectivity index (χ1n) is 6.64. The van der Waals surface area contributed by atoms with E-state index in [-0.39, 0.29) is 17.5 Å². The van der Waals surface area contributed by atoms with E-state index in [2.05, 4.69) is 5.32 Å². The van der Waals surface area contributed by atoms with E-state index >= 15 is 0 Å². The number of hydrogen-bond donors (Lipinski definition) is 3. The Bertz CT molecular complexity index is 530. The molecule has 6 heteroatoms. The summed E-state index contributed by atoms with van der Waals surface area (Å²) in [5, 5.41) is 11.8. The van der Waals surface area contributed by atoms with Crippen LogP contribution in [0.3, 0.4) is 0 Å². The third kappa shape index (κ3) is 2.84. The van der Waals surface area contributed by atoms with E-state index < -0.39 is 5.97 Å². The van der Waals surface area contributed by atoms with E-state index in [1.807, 2.05) is 11.9 Å². The van der Waals surface area contributed by atoms with Crippen LogP contribution in [0.15, 0.2) is 18.2 Å². The summed E-state index contributed by atoms with van der Waals surface area (Å²) in [6.45, 7) is 0.705. The average molecular weight is 277 g/mol. The summed E-state index contributed by atoms with van der Waals surface area (Å²) in [4.78, 5) is 24.7. The van der Waals surface area contributed by atoms with E-state index in [1.54, 1.807) is 6.07 Å². The molecule has 1 unspecified atom stereocenters. The smallest absolute Gasteiger partial charge is 0.335 e. The van der Waals surface area contributed by atoms with Gasteiger partial charge in [0, 0.05) is 13.6 Å². The molecule has 6 nitrogen and oxygen atoms in total. The molecule has 0 spiro atoms. The zero-order valence-corrected chi connectivity index (χ0v) is 11.4. The van der Waals surface area contributed by atoms with Crippen molar-refractivity contribution in [1.29, 1.82) is 0 Å². The van der Waals surface area contributed by atoms with Gasteiger partial charge >= 0.3 is 5.97 Å². The lowest BCUT2D eigenvalue weighted by molar-refractivity contribution is -0.122. The number of hydrogen-bond acceptors (Lipinski definition) is 4. The summed E-state index contributed by atoms with van der Waals surface area (Å²) in [7, 11) is 1.81. The number of nitrogen functional groups attached to an aromatic ring is 1. The molecule has 2 rings (SSSR count). The summed E-state index contributed by atoms with van der Waals surface area (Å²) >= 11 is 0. The number of nitrogens with two attached hydrogens (primary N) is 1. The summed E-state index contributed by atoms with van der Waals surface area (Å²) in [5.74, 6) is -1.02. The minimum atomic E-state index is -1.02. The second-order valence-corrected chi connectivity index (χ2v) is 4.99. The van der Waals surface area contributed by atoms with Crippen LogP contribution in [0.25, 0.3) is 0 Å². The molecule has 1 aromatic rings. The predicted octanol–water partition coefficient (Wildman–Crippen LogP) is 1.07. The highest BCUT2D eigenvalue weighted by atomic mass is 16.4. The summed E-state index contributed by atoms with van der Waals surface area (Å²) in [6, 6.07) is 4.30. The van der Waals surface area contributed by atoms with Crippen LogP contribution in [0, 0.1) is 0 Å². The van der Waals surface area contributed by atoms with Crippen molar-refractivity contribution in [3.63, 3.8) is 0 Å². The Kier molecular flexibility index (Phi) is 4.12. The molecule has 1 amide bonds. The van der Waals surface area contributed by atoms with Gasteiger partial charge in [0.25, 0.3) is 0 Å². The van der Waals surface area contributed by atoms with Crippen LogP contribution in [-0.2, 0) is 4.79 Å². The lowest BCUT2D eigenvalue weighted by Gasteiger charge is -2.29. The van der Waals surface area contributed by atoms with Crippen LogP contribution in [0.4, 0.5) is 11.4 Å². The number of amides is 1. The molecule has 1 atom stereocenters. The molecule has 20 heavy (non-hydrogen) atoms. The number of anilines is 2. The number of carboxylic acids is 1. The first-order valence-corrected chi connectivity index (χ1v) is 6.64. The Morgan fingerprint density at radius 1 is 1.45 bits per heavy atom. The van der Waals surface area contributed by atoms with Gasteiger partial charge in [-0.2, -0.15) is 0 Å². The fraction of sp³-hybridized carbons (Fsp3) is 0.429. The molecule has 1 fully saturated rings. The van der Waals surface area contributed by atoms with Crippen molar-refractivity contribution >= 4 is 23.3 Å². The first kappa shape index (κ1) is 14.2. The van der Waals surface area contributed by atoms with Crippen molar-refractivity contribution in [3.05, 3.63) is 23.8 Å². The molecule has 0 aromatic heterocycles. The van der Waals surface area contributed by atoms with Gasteiger partial charge in [-0.3, -0.25) is 4.79 Å². The maximum absolute atomic E-state index is 12.0. The highest BCUT2D eigenvalue weighted by molar-refractivity contribution is 5.91. The van der Waals surface area contributed by atoms with E-state index in [1.165, 1.54) is 12.1 Å². The SMILES string of the molecule is CN(c1ccc(C(=O)O)cc1N)C1CCCCNC1=O. The Balaban J connectivity index is 2.25. The van der Waals surface area contributed by atoms with Crippen molar-refractivity contribution in [1.82, 2.24) is 5.32 Å². The molecule has 0 saturated carbocycles. The average Bonchev–Trinajstić information content (AvgIpc) is 2.62. The van der Waals surface area contributed by atoms with Gasteiger partial charge in [0.1, 0.15) is 6.04 Å². The van der Waals surface area contributed by atoms with Gasteiger partial charge in [-0.1, -0.05) is 0 Å². The first-order chi connectivity index (χ1) is 9.50. The summed E-state index contributed by atoms with van der Waals surface area (Å²) in [6.07, 6.45) is 2.72. The standard InChI is InChI=1S/C14H19N3O3/c1-17(12-4-2-3-7-16-13(12)18)11-6-5-9(14(19)20)8-10(11)15/h5-6,8,12H,2-4,7,15H2,1H3,(H,16,18)(H,19,20). The number of carbonyl (C=O) groups excluding carboxylic acids is 1. The van der Waals surface area contributed by atoms with E-state index in [0.29, 0.717) is 17.9 Å². The van der Waals surface area contributed by atoms with Crippen LogP contribution < -0.4 is 16.0 Å². The zero-order valence-electron chi connectivity index (χ0n) is 11.4. The minimum Gasteiger partial charge on any atom is -0.478 e. The van der Waals surface area contributed by atoms with Crippen molar-refractivity contribution in [2.75, 3.05) is 24.2 Å². The number of aromatic carboxylic acids is 1. The zero-order chi connectivity index (χ0) is 14.7. The van der Waals surface area contributed by atoms with Crippen LogP contribution in [0.5, 0.6) is 0 Å². The fourth-order valence-corrected chi connectivity index (χ4v) is 2.47. The lowest BCUT2D eigenvalue weighted by Crippen LogP contribution is -2.44. The van der Waals surface area contributed by atoms with Gasteiger partial charge in [-0.25, -0.2) is 4.79 Å². The van der Waals surface area contributed by atoms with Crippen molar-refractivity contribution in [3.8, 4) is 0 Å². The molecule has 1 aliphatic rings. The summed E-state index contributed by atoms with van der Waals surface area (Å²) < 4.78 is 0. The Morgan fingerprint density at radius 2 is 2.20 bits per heavy atom. The number of nitrogens with zero attached hydrogens (tertiary/aromatic N) is 1. The minimum absolute atomic E-state index is 0.00767. The molecular formula is C14H19N3O3. The number of carboxylic acid groups (broad SMARTS) is 1. The molecule has 0 aliphatic carbocycles. The monoisotopic (exact) mass is 277 g/mol. The van der Waals surface area contributed by atoms with Crippen LogP contribution in [0.1, 0.15) is 29.6 Å². The van der Waals surface area contributed by atoms with Gasteiger partial charge in [0.15, 0.2) is 0 Å². The fourth-order valence-electron chi connectivity index (χ4n) is 2.47. The lowest BCUT2D eigenvalue weighted by atomic mass is 10.1. The highest BCUT2D eigenvalue weighted by Gasteiger charge is 2.26. The number of carbonyl (C=O) groups is 2. The van der Waals surface area contributed by atoms with Crippen molar-refractivity contribution in [2.45, 2.75) is 25.3 Å². The van der Waals surface area contributed by atoms with Gasteiger partial charge in [0.2, 0.25) is 5.91 Å². The van der Waals surface area contributed by atoms with Crippen LogP contribution in [-0.4, -0.2) is 36.6 Å². The topological polar surface area (TPSA) is 95.7 Å². The van der Waals surface area contributed by atoms with Gasteiger partial charge in [0.05, 0.1) is 16.9 Å². The second kappa shape index (κ2) is 5.81. The Labute approximate surface area is 117 Å². The molecule has 108 valence electrons. The van der Waals surface area contributed by atoms with Gasteiger partial charge < -0.3 is 21.1 Å². The predicted molar refractivity (Wildman–Crippen MR) is 76.9 cm³/mol. The second-order valence-electron chi connectivity index (χ2n) is 4.99. The molecule has 1 aliphatic heterocycles. The third-order valence-corrected chi connectivity index (χ3v) is 3.63. The number of rotatable bonds is 3. The number of benzene rings is 1. The maximum atomic E-state index is 12.0. The van der Waals surface area contributed by atoms with E-state index in [4.69, 9.17) is 10.8 Å². The molecule has 0 radical (unpaired) electrons. The van der Waals surface area contributed by atoms with Crippen LogP contribution in [0.2, 0.25) is 0 Å². The normalized spacial score (nSPS) is 19.1. The Morgan fingerprint density at radius 3 is 2.85 bits per heavy atom. The largest absolute Gasteiger partial charge is 0.478 e. The summed E-state index contributed by atoms with van der Waals surface area (Å²) in [5.41, 5.74) is 7.10. The maximum Gasteiger partial charge on any atom is 0.335 e. The number of nitrogens with one attached hydrogen (secondary N) is 1. The van der Waals surface area contributed by atoms with E-state index in [0.717, 1.165) is 19.3 Å². The van der Waals surface area contributed by atoms with Crippen molar-refractivity contribution in [2.24, 2.45) is 0 Å². The quantitative estimate of drug-likeness (QED) is 0.718. The van der Waals surface area contributed by atoms with E-state index in [9.17, 15) is 9.59 Å². The third-order valence-electron chi connectivity index (χ3n) is 3.63. The number of likely N-dealkylation sites (N-methyl/N-ethyl adjacent to an activating group) is 1. The molecule has 1 heterocycles. The highest BCUT2D eigenvalue weighted by Crippen LogP contribution is 2.27. The molecule has 0 bridgehead atoms. The van der Waals surface area contributed by atoms with Gasteiger partial charge in [-0.05, 0) is 37.5 Å². The Hall–Kier alpha value is -2.24. The molecule has 1 aromatic carbocycles. The van der Waals surface area contributed by atoms with Gasteiger partial charge in [-0.15, -0.1) is 0 Å². The molecule has 4 N–H and O–H groups in total. The van der Waals surface area contributed by atoms with Crippen molar-refractivity contribution < 1.29 is 14.7 Å².